The van der Waals surface area contributed by atoms with Gasteiger partial charge in [0.25, 0.3) is 0 Å². The minimum absolute atomic E-state index is 0.0198. The van der Waals surface area contributed by atoms with E-state index in [2.05, 4.69) is 13.8 Å². The first-order chi connectivity index (χ1) is 4.81. The molecule has 10 heavy (non-hydrogen) atoms. The van der Waals surface area contributed by atoms with Gasteiger partial charge in [-0.2, -0.15) is 0 Å². The molecule has 0 aliphatic heterocycles. The molecule has 1 nitrogen and oxygen atoms in total. The summed E-state index contributed by atoms with van der Waals surface area (Å²) < 4.78 is 7.61. The van der Waals surface area contributed by atoms with E-state index in [1.807, 2.05) is 0 Å². The van der Waals surface area contributed by atoms with Gasteiger partial charge in [-0.25, -0.2) is 0 Å². The highest BCUT2D eigenvalue weighted by Crippen LogP contribution is 1.96. The fourth-order valence-corrected chi connectivity index (χ4v) is 2.22. The third kappa shape index (κ3) is 6.27. The molecule has 0 aromatic heterocycles. The van der Waals surface area contributed by atoms with Crippen molar-refractivity contribution in [3.63, 3.8) is 0 Å². The van der Waals surface area contributed by atoms with Gasteiger partial charge in [0.15, 0.2) is 0 Å². The van der Waals surface area contributed by atoms with Gasteiger partial charge in [0.2, 0.25) is 0 Å². The van der Waals surface area contributed by atoms with Crippen LogP contribution < -0.4 is 0 Å². The topological polar surface area (TPSA) is 23.9 Å². The van der Waals surface area contributed by atoms with Gasteiger partial charge in [-0.3, -0.25) is 4.78 Å². The molecular formula is C8H19NS. The minimum Gasteiger partial charge on any atom is -0.280 e. The third-order valence-electron chi connectivity index (χ3n) is 1.49. The normalized spacial score (nSPS) is 10.7. The van der Waals surface area contributed by atoms with Crippen molar-refractivity contribution in [1.82, 2.24) is 0 Å². The first-order valence-electron chi connectivity index (χ1n) is 4.20. The lowest BCUT2D eigenvalue weighted by molar-refractivity contribution is 0.873. The Hall–Kier alpha value is 0.150. The molecule has 1 N–H and O–H groups in total. The fourth-order valence-electron chi connectivity index (χ4n) is 0.739. The Balaban J connectivity index is 3.09. The first kappa shape index (κ1) is 10.2. The Morgan fingerprint density at radius 2 is 1.40 bits per heavy atom. The van der Waals surface area contributed by atoms with Crippen molar-refractivity contribution < 1.29 is 0 Å². The van der Waals surface area contributed by atoms with Crippen LogP contribution in [0.15, 0.2) is 0 Å². The van der Waals surface area contributed by atoms with Crippen molar-refractivity contribution in [3.8, 4) is 0 Å². The van der Waals surface area contributed by atoms with E-state index in [9.17, 15) is 0 Å². The van der Waals surface area contributed by atoms with Crippen LogP contribution in [0.4, 0.5) is 0 Å². The molecule has 0 saturated carbocycles. The predicted octanol–water partition coefficient (Wildman–Crippen LogP) is 2.97. The summed E-state index contributed by atoms with van der Waals surface area (Å²) in [5, 5.41) is 0. The zero-order valence-electron chi connectivity index (χ0n) is 7.15. The Morgan fingerprint density at radius 3 is 1.70 bits per heavy atom. The van der Waals surface area contributed by atoms with Gasteiger partial charge in [0, 0.05) is 11.5 Å². The van der Waals surface area contributed by atoms with Gasteiger partial charge in [0.1, 0.15) is 0 Å². The lowest BCUT2D eigenvalue weighted by Gasteiger charge is -2.01. The van der Waals surface area contributed by atoms with Gasteiger partial charge in [0.05, 0.1) is 0 Å². The maximum Gasteiger partial charge on any atom is 0.00384 e. The Labute approximate surface area is 67.1 Å². The van der Waals surface area contributed by atoms with Crippen molar-refractivity contribution in [2.75, 3.05) is 11.5 Å². The summed E-state index contributed by atoms with van der Waals surface area (Å²) in [4.78, 5) is 0. The van der Waals surface area contributed by atoms with Crippen molar-refractivity contribution in [2.24, 2.45) is 0 Å². The van der Waals surface area contributed by atoms with Gasteiger partial charge >= 0.3 is 0 Å². The molecule has 0 radical (unpaired) electrons. The molecule has 0 aliphatic rings. The summed E-state index contributed by atoms with van der Waals surface area (Å²) in [6, 6.07) is 0. The zero-order chi connectivity index (χ0) is 7.82. The molecule has 0 spiro atoms. The average Bonchev–Trinajstić information content (AvgIpc) is 1.97. The summed E-state index contributed by atoms with van der Waals surface area (Å²) in [6.45, 7) is 4.38. The Bertz CT molecular complexity index is 81.3. The van der Waals surface area contributed by atoms with Gasteiger partial charge in [-0.15, -0.1) is 10.7 Å². The number of nitrogens with one attached hydrogen (secondary N) is 1. The van der Waals surface area contributed by atoms with Crippen LogP contribution >= 0.6 is 0 Å². The standard InChI is InChI=1S/C8H19NS/c1-3-5-7-10(9)8-6-4-2/h9H,3-8H2,1-2H3. The van der Waals surface area contributed by atoms with Gasteiger partial charge < -0.3 is 0 Å². The van der Waals surface area contributed by atoms with Gasteiger partial charge in [-0.1, -0.05) is 26.7 Å². The molecule has 62 valence electrons. The monoisotopic (exact) mass is 161 g/mol. The maximum absolute atomic E-state index is 7.61. The molecule has 0 aromatic carbocycles. The SMILES string of the molecule is CCCCS(=N)CCCC. The maximum atomic E-state index is 7.61. The number of unbranched alkanes of at least 4 members (excludes halogenated alkanes) is 2. The zero-order valence-corrected chi connectivity index (χ0v) is 7.97. The lowest BCUT2D eigenvalue weighted by Crippen LogP contribution is -1.99. The summed E-state index contributed by atoms with van der Waals surface area (Å²) >= 11 is 0. The second-order valence-electron chi connectivity index (χ2n) is 2.61. The summed E-state index contributed by atoms with van der Waals surface area (Å²) in [5.74, 6) is 2.27. The summed E-state index contributed by atoms with van der Waals surface area (Å²) in [6.07, 6.45) is 4.98. The first-order valence-corrected chi connectivity index (χ1v) is 5.76. The highest BCUT2D eigenvalue weighted by Gasteiger charge is 1.92. The van der Waals surface area contributed by atoms with Crippen LogP contribution in [0.1, 0.15) is 39.5 Å². The molecule has 0 atom stereocenters. The van der Waals surface area contributed by atoms with E-state index in [4.69, 9.17) is 4.78 Å². The molecule has 0 bridgehead atoms. The minimum atomic E-state index is -0.0198. The quantitative estimate of drug-likeness (QED) is 0.619. The molecule has 0 amide bonds. The molecule has 0 unspecified atom stereocenters. The van der Waals surface area contributed by atoms with Crippen LogP contribution in [0, 0.1) is 4.78 Å². The molecule has 0 heterocycles. The van der Waals surface area contributed by atoms with E-state index in [-0.39, 0.29) is 10.7 Å². The fraction of sp³-hybridized carbons (Fsp3) is 1.00. The van der Waals surface area contributed by atoms with Crippen molar-refractivity contribution in [2.45, 2.75) is 39.5 Å². The molecule has 0 saturated heterocycles. The van der Waals surface area contributed by atoms with Gasteiger partial charge in [-0.05, 0) is 12.8 Å². The van der Waals surface area contributed by atoms with Crippen LogP contribution in [-0.4, -0.2) is 11.5 Å². The van der Waals surface area contributed by atoms with Crippen LogP contribution in [0.3, 0.4) is 0 Å². The van der Waals surface area contributed by atoms with Crippen LogP contribution in [0.2, 0.25) is 0 Å². The highest BCUT2D eigenvalue weighted by molar-refractivity contribution is 7.85. The molecule has 0 aliphatic carbocycles. The van der Waals surface area contributed by atoms with E-state index < -0.39 is 0 Å². The van der Waals surface area contributed by atoms with Crippen molar-refractivity contribution in [1.29, 1.82) is 4.78 Å². The third-order valence-corrected chi connectivity index (χ3v) is 3.05. The van der Waals surface area contributed by atoms with E-state index in [0.717, 1.165) is 11.5 Å². The number of hydrogen-bond donors (Lipinski definition) is 1. The van der Waals surface area contributed by atoms with E-state index in [1.165, 1.54) is 25.7 Å². The second-order valence-corrected chi connectivity index (χ2v) is 4.41. The number of rotatable bonds is 6. The Morgan fingerprint density at radius 1 is 1.00 bits per heavy atom. The van der Waals surface area contributed by atoms with Crippen molar-refractivity contribution in [3.05, 3.63) is 0 Å². The molecule has 0 rings (SSSR count). The molecular weight excluding hydrogens is 142 g/mol. The molecule has 2 heteroatoms. The molecule has 0 fully saturated rings. The summed E-state index contributed by atoms with van der Waals surface area (Å²) in [7, 11) is -0.0198. The van der Waals surface area contributed by atoms with Crippen LogP contribution in [-0.2, 0) is 10.7 Å². The van der Waals surface area contributed by atoms with E-state index >= 15 is 0 Å². The average molecular weight is 161 g/mol. The number of hydrogen-bond acceptors (Lipinski definition) is 1. The highest BCUT2D eigenvalue weighted by atomic mass is 32.2. The lowest BCUT2D eigenvalue weighted by atomic mass is 10.4. The van der Waals surface area contributed by atoms with Crippen LogP contribution in [0.5, 0.6) is 0 Å². The smallest absolute Gasteiger partial charge is 0.00384 e. The van der Waals surface area contributed by atoms with Crippen LogP contribution in [0.25, 0.3) is 0 Å². The Kier molecular flexibility index (Phi) is 7.37. The van der Waals surface area contributed by atoms with E-state index in [0.29, 0.717) is 0 Å². The predicted molar refractivity (Wildman–Crippen MR) is 49.6 cm³/mol. The molecule has 0 aromatic rings. The second kappa shape index (κ2) is 7.26. The van der Waals surface area contributed by atoms with E-state index in [1.54, 1.807) is 0 Å². The van der Waals surface area contributed by atoms with Crippen molar-refractivity contribution >= 4 is 10.7 Å². The summed E-state index contributed by atoms with van der Waals surface area (Å²) in [5.41, 5.74) is 0. The largest absolute Gasteiger partial charge is 0.280 e.